The van der Waals surface area contributed by atoms with Gasteiger partial charge in [-0.15, -0.1) is 0 Å². The van der Waals surface area contributed by atoms with Crippen LogP contribution in [0.4, 0.5) is 10.5 Å². The highest BCUT2D eigenvalue weighted by Gasteiger charge is 1.99. The molecule has 0 saturated heterocycles. The van der Waals surface area contributed by atoms with E-state index in [9.17, 15) is 4.79 Å². The number of nitrogens with one attached hydrogen (secondary N) is 2. The number of hydrogen-bond donors (Lipinski definition) is 3. The molecule has 2 amide bonds. The fourth-order valence-electron chi connectivity index (χ4n) is 1.20. The first-order valence-electron chi connectivity index (χ1n) is 5.04. The van der Waals surface area contributed by atoms with E-state index in [4.69, 9.17) is 5.73 Å². The van der Waals surface area contributed by atoms with Crippen molar-refractivity contribution in [2.45, 2.75) is 13.3 Å². The van der Waals surface area contributed by atoms with Crippen molar-refractivity contribution in [2.24, 2.45) is 5.73 Å². The van der Waals surface area contributed by atoms with Gasteiger partial charge in [-0.3, -0.25) is 0 Å². The third-order valence-electron chi connectivity index (χ3n) is 1.94. The second-order valence-electron chi connectivity index (χ2n) is 3.39. The quantitative estimate of drug-likeness (QED) is 0.654. The summed E-state index contributed by atoms with van der Waals surface area (Å²) in [6, 6.07) is 7.48. The smallest absolute Gasteiger partial charge is 0.319 e. The number of carbonyl (C=O) groups is 1. The summed E-state index contributed by atoms with van der Waals surface area (Å²) in [6.45, 7) is 3.18. The fourth-order valence-corrected chi connectivity index (χ4v) is 1.20. The Kier molecular flexibility index (Phi) is 4.63. The van der Waals surface area contributed by atoms with Crippen molar-refractivity contribution in [3.8, 4) is 0 Å². The van der Waals surface area contributed by atoms with Crippen molar-refractivity contribution in [1.82, 2.24) is 5.32 Å². The van der Waals surface area contributed by atoms with Gasteiger partial charge >= 0.3 is 6.03 Å². The van der Waals surface area contributed by atoms with E-state index >= 15 is 0 Å². The molecule has 1 aromatic carbocycles. The summed E-state index contributed by atoms with van der Waals surface area (Å²) in [7, 11) is 0. The Morgan fingerprint density at radius 2 is 2.27 bits per heavy atom. The van der Waals surface area contributed by atoms with Crippen LogP contribution in [0.5, 0.6) is 0 Å². The number of nitrogens with two attached hydrogens (primary N) is 1. The Labute approximate surface area is 89.9 Å². The van der Waals surface area contributed by atoms with Gasteiger partial charge in [-0.2, -0.15) is 0 Å². The van der Waals surface area contributed by atoms with E-state index in [1.165, 1.54) is 0 Å². The molecule has 4 nitrogen and oxygen atoms in total. The number of amides is 2. The second kappa shape index (κ2) is 6.03. The van der Waals surface area contributed by atoms with Gasteiger partial charge in [-0.25, -0.2) is 4.79 Å². The van der Waals surface area contributed by atoms with Crippen LogP contribution in [0.15, 0.2) is 24.3 Å². The Balaban J connectivity index is 2.37. The molecule has 82 valence electrons. The molecule has 0 aliphatic carbocycles. The Morgan fingerprint density at radius 1 is 1.47 bits per heavy atom. The van der Waals surface area contributed by atoms with Crippen LogP contribution in [0, 0.1) is 6.92 Å². The summed E-state index contributed by atoms with van der Waals surface area (Å²) in [4.78, 5) is 11.3. The minimum absolute atomic E-state index is 0.186. The van der Waals surface area contributed by atoms with Gasteiger partial charge in [0.1, 0.15) is 0 Å². The monoisotopic (exact) mass is 207 g/mol. The molecule has 0 radical (unpaired) electrons. The first-order chi connectivity index (χ1) is 7.22. The van der Waals surface area contributed by atoms with Gasteiger partial charge in [0.2, 0.25) is 0 Å². The number of benzene rings is 1. The summed E-state index contributed by atoms with van der Waals surface area (Å²) < 4.78 is 0. The van der Waals surface area contributed by atoms with Gasteiger partial charge in [-0.05, 0) is 37.6 Å². The summed E-state index contributed by atoms with van der Waals surface area (Å²) in [5.41, 5.74) is 7.24. The maximum Gasteiger partial charge on any atom is 0.319 e. The molecular formula is C11H17N3O. The van der Waals surface area contributed by atoms with Gasteiger partial charge in [0, 0.05) is 12.2 Å². The summed E-state index contributed by atoms with van der Waals surface area (Å²) >= 11 is 0. The van der Waals surface area contributed by atoms with E-state index in [1.807, 2.05) is 31.2 Å². The summed E-state index contributed by atoms with van der Waals surface area (Å²) in [5, 5.41) is 5.47. The molecule has 0 spiro atoms. The van der Waals surface area contributed by atoms with Crippen LogP contribution in [0.1, 0.15) is 12.0 Å². The number of anilines is 1. The second-order valence-corrected chi connectivity index (χ2v) is 3.39. The highest BCUT2D eigenvalue weighted by molar-refractivity contribution is 5.89. The normalized spacial score (nSPS) is 9.73. The van der Waals surface area contributed by atoms with E-state index < -0.39 is 0 Å². The zero-order valence-electron chi connectivity index (χ0n) is 8.92. The molecule has 0 saturated carbocycles. The first-order valence-corrected chi connectivity index (χ1v) is 5.04. The molecule has 0 atom stereocenters. The predicted octanol–water partition coefficient (Wildman–Crippen LogP) is 1.47. The zero-order chi connectivity index (χ0) is 11.1. The number of hydrogen-bond acceptors (Lipinski definition) is 2. The van der Waals surface area contributed by atoms with Crippen LogP contribution in [0.25, 0.3) is 0 Å². The molecule has 1 rings (SSSR count). The van der Waals surface area contributed by atoms with Crippen molar-refractivity contribution in [3.05, 3.63) is 29.8 Å². The lowest BCUT2D eigenvalue weighted by atomic mass is 10.2. The Bertz CT molecular complexity index is 325. The molecule has 0 bridgehead atoms. The predicted molar refractivity (Wildman–Crippen MR) is 61.9 cm³/mol. The molecule has 0 heterocycles. The highest BCUT2D eigenvalue weighted by Crippen LogP contribution is 2.08. The lowest BCUT2D eigenvalue weighted by Gasteiger charge is -2.07. The van der Waals surface area contributed by atoms with Gasteiger partial charge in [0.25, 0.3) is 0 Å². The van der Waals surface area contributed by atoms with E-state index in [0.717, 1.165) is 17.7 Å². The lowest BCUT2D eigenvalue weighted by Crippen LogP contribution is -2.30. The average molecular weight is 207 g/mol. The number of rotatable bonds is 4. The maximum absolute atomic E-state index is 11.3. The number of aryl methyl sites for hydroxylation is 1. The first kappa shape index (κ1) is 11.5. The van der Waals surface area contributed by atoms with E-state index in [0.29, 0.717) is 13.1 Å². The molecule has 1 aromatic rings. The van der Waals surface area contributed by atoms with Crippen molar-refractivity contribution in [3.63, 3.8) is 0 Å². The van der Waals surface area contributed by atoms with Crippen LogP contribution < -0.4 is 16.4 Å². The van der Waals surface area contributed by atoms with E-state index in [1.54, 1.807) is 0 Å². The summed E-state index contributed by atoms with van der Waals surface area (Å²) in [5.74, 6) is 0. The zero-order valence-corrected chi connectivity index (χ0v) is 8.92. The van der Waals surface area contributed by atoms with Crippen LogP contribution in [-0.4, -0.2) is 19.1 Å². The van der Waals surface area contributed by atoms with Crippen molar-refractivity contribution in [2.75, 3.05) is 18.4 Å². The van der Waals surface area contributed by atoms with E-state index in [-0.39, 0.29) is 6.03 Å². The average Bonchev–Trinajstić information content (AvgIpc) is 2.18. The largest absolute Gasteiger partial charge is 0.338 e. The molecule has 4 N–H and O–H groups in total. The van der Waals surface area contributed by atoms with Crippen LogP contribution in [-0.2, 0) is 0 Å². The highest BCUT2D eigenvalue weighted by atomic mass is 16.2. The molecule has 4 heteroatoms. The fraction of sp³-hybridized carbons (Fsp3) is 0.364. The topological polar surface area (TPSA) is 67.2 Å². The maximum atomic E-state index is 11.3. The molecule has 0 unspecified atom stereocenters. The lowest BCUT2D eigenvalue weighted by molar-refractivity contribution is 0.252. The molecular weight excluding hydrogens is 190 g/mol. The van der Waals surface area contributed by atoms with Gasteiger partial charge in [-0.1, -0.05) is 12.1 Å². The van der Waals surface area contributed by atoms with Crippen LogP contribution >= 0.6 is 0 Å². The molecule has 15 heavy (non-hydrogen) atoms. The van der Waals surface area contributed by atoms with Crippen LogP contribution in [0.3, 0.4) is 0 Å². The number of carbonyl (C=O) groups excluding carboxylic acids is 1. The number of urea groups is 1. The molecule has 0 aromatic heterocycles. The van der Waals surface area contributed by atoms with E-state index in [2.05, 4.69) is 10.6 Å². The van der Waals surface area contributed by atoms with Gasteiger partial charge in [0.05, 0.1) is 0 Å². The molecule has 0 aliphatic heterocycles. The minimum Gasteiger partial charge on any atom is -0.338 e. The van der Waals surface area contributed by atoms with Crippen molar-refractivity contribution >= 4 is 11.7 Å². The Hall–Kier alpha value is -1.55. The summed E-state index contributed by atoms with van der Waals surface area (Å²) in [6.07, 6.45) is 0.793. The van der Waals surface area contributed by atoms with Crippen molar-refractivity contribution < 1.29 is 4.79 Å². The SMILES string of the molecule is Cc1cccc(NC(=O)NCCCN)c1. The third-order valence-corrected chi connectivity index (χ3v) is 1.94. The Morgan fingerprint density at radius 3 is 2.93 bits per heavy atom. The van der Waals surface area contributed by atoms with Crippen LogP contribution in [0.2, 0.25) is 0 Å². The van der Waals surface area contributed by atoms with Crippen molar-refractivity contribution in [1.29, 1.82) is 0 Å². The third kappa shape index (κ3) is 4.46. The molecule has 0 aliphatic rings. The molecule has 0 fully saturated rings. The minimum atomic E-state index is -0.186. The van der Waals surface area contributed by atoms with Gasteiger partial charge in [0.15, 0.2) is 0 Å². The standard InChI is InChI=1S/C11H17N3O/c1-9-4-2-5-10(8-9)14-11(15)13-7-3-6-12/h2,4-5,8H,3,6-7,12H2,1H3,(H2,13,14,15). The van der Waals surface area contributed by atoms with Gasteiger partial charge < -0.3 is 16.4 Å².